The largest absolute Gasteiger partial charge is 0.312 e. The Labute approximate surface area is 213 Å². The van der Waals surface area contributed by atoms with Gasteiger partial charge in [-0.3, -0.25) is 0 Å². The number of alkyl halides is 1. The van der Waals surface area contributed by atoms with Crippen LogP contribution in [-0.4, -0.2) is 73.2 Å². The van der Waals surface area contributed by atoms with Gasteiger partial charge in [-0.1, -0.05) is 39.8 Å². The zero-order valence-electron chi connectivity index (χ0n) is 22.0. The van der Waals surface area contributed by atoms with Gasteiger partial charge in [0.25, 0.3) is 0 Å². The maximum atomic E-state index is 6.31. The van der Waals surface area contributed by atoms with Gasteiger partial charge < -0.3 is 15.1 Å². The molecule has 0 radical (unpaired) electrons. The van der Waals surface area contributed by atoms with Crippen molar-refractivity contribution in [3.63, 3.8) is 0 Å². The Balaban J connectivity index is 1.20. The number of hydrazine groups is 3. The molecule has 3 saturated heterocycles. The zero-order chi connectivity index (χ0) is 24.1. The second-order valence-electron chi connectivity index (χ2n) is 12.4. The van der Waals surface area contributed by atoms with Crippen molar-refractivity contribution in [2.45, 2.75) is 77.4 Å². The maximum Gasteiger partial charge on any atom is 0.0871 e. The summed E-state index contributed by atoms with van der Waals surface area (Å²) in [6, 6.07) is 0.567. The number of hydrogen-bond donors (Lipinski definition) is 5. The van der Waals surface area contributed by atoms with E-state index in [0.29, 0.717) is 29.5 Å². The Kier molecular flexibility index (Phi) is 9.72. The van der Waals surface area contributed by atoms with E-state index in [1.165, 1.54) is 52.0 Å². The molecule has 0 aromatic rings. The van der Waals surface area contributed by atoms with E-state index >= 15 is 0 Å². The van der Waals surface area contributed by atoms with E-state index in [-0.39, 0.29) is 5.38 Å². The summed E-state index contributed by atoms with van der Waals surface area (Å²) in [5, 5.41) is 4.24. The molecule has 0 spiro atoms. The molecule has 8 heteroatoms. The highest BCUT2D eigenvalue weighted by Crippen LogP contribution is 2.43. The lowest BCUT2D eigenvalue weighted by atomic mass is 9.65. The normalized spacial score (nSPS) is 34.3. The molecule has 4 rings (SSSR count). The van der Waals surface area contributed by atoms with Gasteiger partial charge in [0, 0.05) is 32.2 Å². The number of nitrogens with zero attached hydrogens (tertiary/aromatic N) is 2. The topological polar surface area (TPSA) is 66.6 Å². The number of rotatable bonds is 10. The highest BCUT2D eigenvalue weighted by atomic mass is 35.5. The molecule has 4 aliphatic rings. The van der Waals surface area contributed by atoms with Crippen LogP contribution in [0.2, 0.25) is 0 Å². The van der Waals surface area contributed by atoms with Crippen LogP contribution < -0.4 is 27.2 Å². The molecular weight excluding hydrogens is 446 g/mol. The van der Waals surface area contributed by atoms with Gasteiger partial charge in [0.15, 0.2) is 0 Å². The molecule has 3 fully saturated rings. The molecule has 2 unspecified atom stereocenters. The van der Waals surface area contributed by atoms with E-state index in [0.717, 1.165) is 37.8 Å². The van der Waals surface area contributed by atoms with Crippen LogP contribution in [0.25, 0.3) is 0 Å². The number of hydrogen-bond acceptors (Lipinski definition) is 7. The predicted octanol–water partition coefficient (Wildman–Crippen LogP) is 2.68. The molecule has 196 valence electrons. The van der Waals surface area contributed by atoms with Crippen LogP contribution in [0.4, 0.5) is 0 Å². The van der Waals surface area contributed by atoms with Crippen molar-refractivity contribution in [3.8, 4) is 0 Å². The standard InChI is InChI=1S/C26H50ClN7/c1-19(2)24(28-15-20-9-12-33(16-20)14-11-25-29-31-32-30-25)17-34-13-10-23(26(3,4)18-34)21-5-7-22(27)8-6-21/h5,7,19-25,28-32H,6,8-18H2,1-4H3/t20-,21?,22?,23+,24-/m0/s1. The second kappa shape index (κ2) is 12.3. The number of likely N-dealkylation sites (tertiary alicyclic amines) is 2. The van der Waals surface area contributed by atoms with Crippen LogP contribution >= 0.6 is 11.6 Å². The van der Waals surface area contributed by atoms with Crippen LogP contribution in [0.15, 0.2) is 12.2 Å². The molecule has 5 N–H and O–H groups in total. The SMILES string of the molecule is CC(C)[C@H](CN1CC[C@H](C2C=CC(Cl)CC2)C(C)(C)C1)NC[C@@H]1CCN(CCC2NNNN2)C1. The number of piperidine rings is 1. The lowest BCUT2D eigenvalue weighted by Crippen LogP contribution is -2.53. The van der Waals surface area contributed by atoms with Gasteiger partial charge in [-0.25, -0.2) is 10.9 Å². The quantitative estimate of drug-likeness (QED) is 0.236. The van der Waals surface area contributed by atoms with E-state index in [4.69, 9.17) is 11.6 Å². The maximum absolute atomic E-state index is 6.31. The van der Waals surface area contributed by atoms with Crippen molar-refractivity contribution >= 4 is 11.6 Å². The Morgan fingerprint density at radius 2 is 1.79 bits per heavy atom. The summed E-state index contributed by atoms with van der Waals surface area (Å²) < 4.78 is 0. The summed E-state index contributed by atoms with van der Waals surface area (Å²) in [5.74, 6) is 2.91. The van der Waals surface area contributed by atoms with E-state index in [2.05, 4.69) is 76.9 Å². The fourth-order valence-corrected chi connectivity index (χ4v) is 6.92. The summed E-state index contributed by atoms with van der Waals surface area (Å²) in [6.07, 6.45) is 11.1. The molecular formula is C26H50ClN7. The highest BCUT2D eigenvalue weighted by molar-refractivity contribution is 6.21. The summed E-state index contributed by atoms with van der Waals surface area (Å²) in [5.41, 5.74) is 12.5. The molecule has 34 heavy (non-hydrogen) atoms. The number of nitrogens with one attached hydrogen (secondary N) is 5. The average Bonchev–Trinajstić information content (AvgIpc) is 3.47. The van der Waals surface area contributed by atoms with Crippen molar-refractivity contribution in [1.29, 1.82) is 0 Å². The molecule has 0 bridgehead atoms. The van der Waals surface area contributed by atoms with E-state index < -0.39 is 0 Å². The third-order valence-electron chi connectivity index (χ3n) is 8.84. The smallest absolute Gasteiger partial charge is 0.0871 e. The molecule has 0 aromatic heterocycles. The first kappa shape index (κ1) is 26.8. The van der Waals surface area contributed by atoms with Crippen molar-refractivity contribution in [2.75, 3.05) is 45.8 Å². The number of halogens is 1. The molecule has 7 nitrogen and oxygen atoms in total. The minimum absolute atomic E-state index is 0.250. The third-order valence-corrected chi connectivity index (χ3v) is 9.20. The molecule has 1 aliphatic carbocycles. The van der Waals surface area contributed by atoms with Crippen molar-refractivity contribution in [2.24, 2.45) is 29.1 Å². The fraction of sp³-hybridized carbons (Fsp3) is 0.923. The Hall–Kier alpha value is -0.250. The van der Waals surface area contributed by atoms with E-state index in [1.807, 2.05) is 0 Å². The van der Waals surface area contributed by atoms with Gasteiger partial charge in [-0.2, -0.15) is 11.1 Å². The van der Waals surface area contributed by atoms with Crippen molar-refractivity contribution in [1.82, 2.24) is 37.0 Å². The lowest BCUT2D eigenvalue weighted by Gasteiger charge is -2.48. The van der Waals surface area contributed by atoms with Gasteiger partial charge in [0.2, 0.25) is 0 Å². The lowest BCUT2D eigenvalue weighted by molar-refractivity contribution is 0.0218. The molecule has 5 atom stereocenters. The van der Waals surface area contributed by atoms with Crippen LogP contribution in [0.3, 0.4) is 0 Å². The van der Waals surface area contributed by atoms with Crippen molar-refractivity contribution < 1.29 is 0 Å². The first-order valence-corrected chi connectivity index (χ1v) is 14.3. The Bertz CT molecular complexity index is 651. The van der Waals surface area contributed by atoms with E-state index in [9.17, 15) is 0 Å². The molecule has 0 aromatic carbocycles. The van der Waals surface area contributed by atoms with Crippen LogP contribution in [0, 0.1) is 29.1 Å². The summed E-state index contributed by atoms with van der Waals surface area (Å²) in [6.45, 7) is 18.1. The van der Waals surface area contributed by atoms with Gasteiger partial charge in [-0.05, 0) is 80.8 Å². The van der Waals surface area contributed by atoms with Gasteiger partial charge in [0.1, 0.15) is 0 Å². The van der Waals surface area contributed by atoms with Crippen molar-refractivity contribution in [3.05, 3.63) is 12.2 Å². The van der Waals surface area contributed by atoms with Gasteiger partial charge in [-0.15, -0.1) is 11.6 Å². The molecule has 3 heterocycles. The highest BCUT2D eigenvalue weighted by Gasteiger charge is 2.40. The van der Waals surface area contributed by atoms with Gasteiger partial charge in [0.05, 0.1) is 11.5 Å². The van der Waals surface area contributed by atoms with Gasteiger partial charge >= 0.3 is 0 Å². The molecule has 3 aliphatic heterocycles. The minimum atomic E-state index is 0.250. The third kappa shape index (κ3) is 7.39. The van der Waals surface area contributed by atoms with Crippen LogP contribution in [0.5, 0.6) is 0 Å². The Morgan fingerprint density at radius 3 is 2.47 bits per heavy atom. The predicted molar refractivity (Wildman–Crippen MR) is 142 cm³/mol. The monoisotopic (exact) mass is 495 g/mol. The van der Waals surface area contributed by atoms with Crippen LogP contribution in [0.1, 0.15) is 59.8 Å². The Morgan fingerprint density at radius 1 is 1.03 bits per heavy atom. The fourth-order valence-electron chi connectivity index (χ4n) is 6.71. The first-order valence-electron chi connectivity index (χ1n) is 13.8. The first-order chi connectivity index (χ1) is 16.3. The minimum Gasteiger partial charge on any atom is -0.312 e. The van der Waals surface area contributed by atoms with E-state index in [1.54, 1.807) is 0 Å². The molecule has 0 saturated carbocycles. The number of allylic oxidation sites excluding steroid dienone is 2. The zero-order valence-corrected chi connectivity index (χ0v) is 22.7. The second-order valence-corrected chi connectivity index (χ2v) is 12.9. The summed E-state index contributed by atoms with van der Waals surface area (Å²) in [4.78, 5) is 5.37. The summed E-state index contributed by atoms with van der Waals surface area (Å²) in [7, 11) is 0. The summed E-state index contributed by atoms with van der Waals surface area (Å²) >= 11 is 6.31. The molecule has 0 amide bonds. The van der Waals surface area contributed by atoms with Crippen LogP contribution in [-0.2, 0) is 0 Å². The average molecular weight is 496 g/mol.